The van der Waals surface area contributed by atoms with Crippen LogP contribution < -0.4 is 14.8 Å². The molecule has 1 atom stereocenters. The third-order valence-electron chi connectivity index (χ3n) is 3.23. The van der Waals surface area contributed by atoms with Crippen LogP contribution in [0.1, 0.15) is 13.8 Å². The van der Waals surface area contributed by atoms with Gasteiger partial charge in [0.2, 0.25) is 0 Å². The van der Waals surface area contributed by atoms with Crippen LogP contribution in [0.15, 0.2) is 48.8 Å². The van der Waals surface area contributed by atoms with Gasteiger partial charge in [-0.15, -0.1) is 5.10 Å². The van der Waals surface area contributed by atoms with Crippen LogP contribution in [0.5, 0.6) is 11.5 Å². The van der Waals surface area contributed by atoms with E-state index in [1.807, 2.05) is 26.0 Å². The molecule has 11 nitrogen and oxygen atoms in total. The Morgan fingerprint density at radius 1 is 1.10 bits per heavy atom. The van der Waals surface area contributed by atoms with Gasteiger partial charge in [0.05, 0.1) is 6.20 Å². The van der Waals surface area contributed by atoms with E-state index in [1.165, 1.54) is 0 Å². The van der Waals surface area contributed by atoms with Gasteiger partial charge in [-0.2, -0.15) is 0 Å². The third-order valence-corrected chi connectivity index (χ3v) is 3.23. The highest BCUT2D eigenvalue weighted by Crippen LogP contribution is 2.18. The van der Waals surface area contributed by atoms with Crippen LogP contribution >= 0.6 is 0 Å². The highest BCUT2D eigenvalue weighted by molar-refractivity contribution is 5.89. The van der Waals surface area contributed by atoms with E-state index in [0.717, 1.165) is 0 Å². The van der Waals surface area contributed by atoms with Gasteiger partial charge in [0.25, 0.3) is 0 Å². The fraction of sp³-hybridized carbons (Fsp3) is 0.368. The summed E-state index contributed by atoms with van der Waals surface area (Å²) in [6.45, 7) is 5.13. The maximum Gasteiger partial charge on any atom is 0.328 e. The number of carbonyl (C=O) groups is 2. The van der Waals surface area contributed by atoms with Gasteiger partial charge < -0.3 is 30.1 Å². The lowest BCUT2D eigenvalue weighted by molar-refractivity contribution is -0.134. The van der Waals surface area contributed by atoms with E-state index in [1.54, 1.807) is 29.2 Å². The second-order valence-electron chi connectivity index (χ2n) is 6.22. The Morgan fingerprint density at radius 3 is 2.13 bits per heavy atom. The zero-order chi connectivity index (χ0) is 22.4. The molecule has 1 aromatic heterocycles. The van der Waals surface area contributed by atoms with Crippen molar-refractivity contribution in [3.05, 3.63) is 48.8 Å². The molecule has 0 aliphatic heterocycles. The largest absolute Gasteiger partial charge is 0.491 e. The number of aliphatic hydroxyl groups excluding tert-OH is 1. The summed E-state index contributed by atoms with van der Waals surface area (Å²) in [4.78, 5) is 19.1. The van der Waals surface area contributed by atoms with Crippen molar-refractivity contribution in [2.24, 2.45) is 0 Å². The average molecular weight is 422 g/mol. The number of benzene rings is 1. The number of ether oxygens (including phenoxy) is 2. The lowest BCUT2D eigenvalue weighted by Crippen LogP contribution is -2.35. The quantitative estimate of drug-likeness (QED) is 0.381. The summed E-state index contributed by atoms with van der Waals surface area (Å²) in [6, 6.07) is 7.57. The van der Waals surface area contributed by atoms with E-state index < -0.39 is 18.0 Å². The zero-order valence-electron chi connectivity index (χ0n) is 16.7. The highest BCUT2D eigenvalue weighted by Gasteiger charge is 2.06. The third kappa shape index (κ3) is 12.1. The Morgan fingerprint density at radius 2 is 1.67 bits per heavy atom. The normalized spacial score (nSPS) is 11.6. The van der Waals surface area contributed by atoms with Crippen molar-refractivity contribution in [2.45, 2.75) is 32.7 Å². The number of rotatable bonds is 11. The first-order valence-electron chi connectivity index (χ1n) is 9.01. The van der Waals surface area contributed by atoms with E-state index in [4.69, 9.17) is 19.7 Å². The number of nitrogens with one attached hydrogen (secondary N) is 1. The average Bonchev–Trinajstić information content (AvgIpc) is 3.22. The van der Waals surface area contributed by atoms with Gasteiger partial charge in [-0.1, -0.05) is 19.1 Å². The Kier molecular flexibility index (Phi) is 11.2. The smallest absolute Gasteiger partial charge is 0.328 e. The molecule has 0 spiro atoms. The van der Waals surface area contributed by atoms with Crippen molar-refractivity contribution in [1.29, 1.82) is 0 Å². The molecule has 1 unspecified atom stereocenters. The molecule has 2 aromatic rings. The van der Waals surface area contributed by atoms with Crippen molar-refractivity contribution in [3.8, 4) is 11.5 Å². The first kappa shape index (κ1) is 24.6. The molecule has 1 aromatic carbocycles. The van der Waals surface area contributed by atoms with E-state index in [9.17, 15) is 14.7 Å². The maximum atomic E-state index is 9.78. The second kappa shape index (κ2) is 13.7. The van der Waals surface area contributed by atoms with E-state index in [0.29, 0.717) is 43.0 Å². The van der Waals surface area contributed by atoms with Crippen molar-refractivity contribution in [3.63, 3.8) is 0 Å². The summed E-state index contributed by atoms with van der Waals surface area (Å²) in [5.74, 6) is -1.11. The number of aromatic nitrogens is 3. The number of aliphatic carboxylic acids is 2. The summed E-state index contributed by atoms with van der Waals surface area (Å²) in [5.41, 5.74) is 0. The van der Waals surface area contributed by atoms with Crippen molar-refractivity contribution in [1.82, 2.24) is 20.3 Å². The summed E-state index contributed by atoms with van der Waals surface area (Å²) in [5, 5.41) is 36.1. The highest BCUT2D eigenvalue weighted by atomic mass is 16.5. The van der Waals surface area contributed by atoms with Crippen LogP contribution in [-0.2, 0) is 16.3 Å². The number of carboxylic acids is 2. The van der Waals surface area contributed by atoms with Gasteiger partial charge in [0.1, 0.15) is 24.2 Å². The molecule has 0 fully saturated rings. The first-order chi connectivity index (χ1) is 14.3. The molecule has 0 saturated carbocycles. The molecule has 0 aliphatic rings. The van der Waals surface area contributed by atoms with Crippen LogP contribution in [0.4, 0.5) is 0 Å². The number of hydrogen-bond donors (Lipinski definition) is 4. The molecular formula is C19H26N4O7. The van der Waals surface area contributed by atoms with E-state index >= 15 is 0 Å². The van der Waals surface area contributed by atoms with Crippen molar-refractivity contribution >= 4 is 11.9 Å². The fourth-order valence-electron chi connectivity index (χ4n) is 1.84. The van der Waals surface area contributed by atoms with Gasteiger partial charge in [0.15, 0.2) is 6.73 Å². The first-order valence-corrected chi connectivity index (χ1v) is 9.01. The van der Waals surface area contributed by atoms with Crippen LogP contribution in [-0.4, -0.2) is 67.5 Å². The van der Waals surface area contributed by atoms with E-state index in [2.05, 4.69) is 15.6 Å². The Balaban J connectivity index is 0.000000479. The van der Waals surface area contributed by atoms with Gasteiger partial charge in [-0.25, -0.2) is 14.3 Å². The summed E-state index contributed by atoms with van der Waals surface area (Å²) >= 11 is 0. The molecule has 0 amide bonds. The van der Waals surface area contributed by atoms with Crippen LogP contribution in [0.25, 0.3) is 0 Å². The molecule has 0 radical (unpaired) electrons. The maximum absolute atomic E-state index is 9.78. The van der Waals surface area contributed by atoms with E-state index in [-0.39, 0.29) is 6.61 Å². The van der Waals surface area contributed by atoms with Crippen LogP contribution in [0.2, 0.25) is 0 Å². The zero-order valence-corrected chi connectivity index (χ0v) is 16.7. The minimum Gasteiger partial charge on any atom is -0.491 e. The van der Waals surface area contributed by atoms with Gasteiger partial charge in [-0.05, 0) is 24.3 Å². The molecule has 1 heterocycles. The molecule has 30 heavy (non-hydrogen) atoms. The molecular weight excluding hydrogens is 396 g/mol. The van der Waals surface area contributed by atoms with Gasteiger partial charge >= 0.3 is 11.9 Å². The van der Waals surface area contributed by atoms with Gasteiger partial charge in [0, 0.05) is 30.9 Å². The Hall–Kier alpha value is -3.44. The Bertz CT molecular complexity index is 761. The lowest BCUT2D eigenvalue weighted by Gasteiger charge is -2.15. The molecule has 4 N–H and O–H groups in total. The molecule has 0 bridgehead atoms. The summed E-state index contributed by atoms with van der Waals surface area (Å²) < 4.78 is 12.7. The van der Waals surface area contributed by atoms with Gasteiger partial charge in [-0.3, -0.25) is 0 Å². The van der Waals surface area contributed by atoms with Crippen molar-refractivity contribution < 1.29 is 34.4 Å². The summed E-state index contributed by atoms with van der Waals surface area (Å²) in [6.07, 6.45) is 3.90. The lowest BCUT2D eigenvalue weighted by atomic mass is 10.3. The van der Waals surface area contributed by atoms with Crippen LogP contribution in [0, 0.1) is 0 Å². The number of carboxylic acid groups (broad SMARTS) is 2. The molecule has 0 saturated heterocycles. The number of nitrogens with zero attached hydrogens (tertiary/aromatic N) is 3. The predicted molar refractivity (Wildman–Crippen MR) is 106 cm³/mol. The minimum atomic E-state index is -1.26. The monoisotopic (exact) mass is 422 g/mol. The fourth-order valence-corrected chi connectivity index (χ4v) is 1.84. The molecule has 2 rings (SSSR count). The molecule has 0 aliphatic carbocycles. The number of aliphatic hydroxyl groups is 1. The number of hydrogen-bond acceptors (Lipinski definition) is 8. The minimum absolute atomic E-state index is 0.249. The molecule has 164 valence electrons. The molecule has 11 heteroatoms. The Labute approximate surface area is 173 Å². The van der Waals surface area contributed by atoms with Crippen LogP contribution in [0.3, 0.4) is 0 Å². The predicted octanol–water partition coefficient (Wildman–Crippen LogP) is 0.764. The second-order valence-corrected chi connectivity index (χ2v) is 6.22. The standard InChI is InChI=1S/C15H22N4O3.C4H4O4/c1-12(2)16-9-13(20)10-21-14-3-5-15(6-4-14)22-11-19-8-7-17-18-19;5-3(6)1-2-4(7)8/h3-8,12-13,16,20H,9-11H2,1-2H3;1-2H,(H,5,6)(H,7,8). The SMILES string of the molecule is CC(C)NCC(O)COc1ccc(OCn2ccnn2)cc1.O=C(O)C=CC(=O)O. The van der Waals surface area contributed by atoms with Crippen molar-refractivity contribution in [2.75, 3.05) is 13.2 Å². The topological polar surface area (TPSA) is 156 Å². The summed E-state index contributed by atoms with van der Waals surface area (Å²) in [7, 11) is 0.